The average Bonchev–Trinajstić information content (AvgIpc) is 3.30. The smallest absolute Gasteiger partial charge is 0.264 e. The number of nitrogens with one attached hydrogen (secondary N) is 1. The standard InChI is InChI=1S/C34H31N5O2/c1-7-25(8-2)14-15-26-11-9-12-27-20-29(39(34(41)31(26)27)28-16-13-21(3)22(4)19-28)23(5)36-33(40)30-24(6)37-38-18-10-17-35-32(30)38/h7-13,16-20,23H,1H2,2-6H3,(H,36,40)/b25-8+/t23-/m1/s1. The topological polar surface area (TPSA) is 81.3 Å². The molecule has 0 radical (unpaired) electrons. The van der Waals surface area contributed by atoms with E-state index >= 15 is 0 Å². The van der Waals surface area contributed by atoms with Gasteiger partial charge in [0, 0.05) is 34.9 Å². The number of pyridine rings is 1. The molecule has 0 aliphatic carbocycles. The van der Waals surface area contributed by atoms with Gasteiger partial charge in [-0.2, -0.15) is 5.10 Å². The van der Waals surface area contributed by atoms with Crippen molar-refractivity contribution >= 4 is 22.3 Å². The van der Waals surface area contributed by atoms with Crippen LogP contribution in [0.5, 0.6) is 0 Å². The molecule has 0 saturated carbocycles. The molecule has 2 aromatic carbocycles. The van der Waals surface area contributed by atoms with E-state index in [9.17, 15) is 9.59 Å². The van der Waals surface area contributed by atoms with Crippen LogP contribution in [0.4, 0.5) is 0 Å². The summed E-state index contributed by atoms with van der Waals surface area (Å²) in [4.78, 5) is 32.2. The zero-order chi connectivity index (χ0) is 29.3. The van der Waals surface area contributed by atoms with Crippen LogP contribution in [0.2, 0.25) is 0 Å². The molecule has 0 unspecified atom stereocenters. The highest BCUT2D eigenvalue weighted by molar-refractivity contribution is 6.01. The van der Waals surface area contributed by atoms with Crippen LogP contribution >= 0.6 is 0 Å². The van der Waals surface area contributed by atoms with Gasteiger partial charge in [0.2, 0.25) is 0 Å². The van der Waals surface area contributed by atoms with Crippen molar-refractivity contribution in [3.05, 3.63) is 129 Å². The number of fused-ring (bicyclic) bond motifs is 2. The van der Waals surface area contributed by atoms with Crippen molar-refractivity contribution in [1.29, 1.82) is 0 Å². The molecule has 5 aromatic rings. The van der Waals surface area contributed by atoms with Crippen LogP contribution < -0.4 is 10.9 Å². The molecule has 0 bridgehead atoms. The number of carbonyl (C=O) groups excluding carboxylic acids is 1. The third-order valence-electron chi connectivity index (χ3n) is 7.28. The molecule has 0 saturated heterocycles. The molecule has 7 heteroatoms. The van der Waals surface area contributed by atoms with Crippen molar-refractivity contribution in [2.24, 2.45) is 0 Å². The van der Waals surface area contributed by atoms with E-state index in [1.807, 2.05) is 76.2 Å². The molecule has 204 valence electrons. The number of aryl methyl sites for hydroxylation is 3. The van der Waals surface area contributed by atoms with Crippen molar-refractivity contribution < 1.29 is 4.79 Å². The monoisotopic (exact) mass is 541 g/mol. The average molecular weight is 542 g/mol. The van der Waals surface area contributed by atoms with Gasteiger partial charge in [0.15, 0.2) is 5.65 Å². The van der Waals surface area contributed by atoms with E-state index in [0.29, 0.717) is 39.2 Å². The maximum Gasteiger partial charge on any atom is 0.264 e. The van der Waals surface area contributed by atoms with Crippen LogP contribution in [0.3, 0.4) is 0 Å². The van der Waals surface area contributed by atoms with Gasteiger partial charge < -0.3 is 5.32 Å². The molecular weight excluding hydrogens is 510 g/mol. The van der Waals surface area contributed by atoms with Crippen molar-refractivity contribution in [1.82, 2.24) is 24.5 Å². The molecule has 1 amide bonds. The zero-order valence-corrected chi connectivity index (χ0v) is 23.8. The van der Waals surface area contributed by atoms with Crippen molar-refractivity contribution in [3.8, 4) is 17.5 Å². The summed E-state index contributed by atoms with van der Waals surface area (Å²) < 4.78 is 3.26. The number of rotatable bonds is 5. The normalized spacial score (nSPS) is 12.2. The number of benzene rings is 2. The summed E-state index contributed by atoms with van der Waals surface area (Å²) in [5.74, 6) is 5.95. The van der Waals surface area contributed by atoms with Gasteiger partial charge in [0.05, 0.1) is 17.1 Å². The Morgan fingerprint density at radius 2 is 1.90 bits per heavy atom. The number of carbonyl (C=O) groups is 1. The van der Waals surface area contributed by atoms with E-state index in [1.165, 1.54) is 0 Å². The first kappa shape index (κ1) is 27.4. The number of nitrogens with zero attached hydrogens (tertiary/aromatic N) is 4. The number of allylic oxidation sites excluding steroid dienone is 3. The summed E-state index contributed by atoms with van der Waals surface area (Å²) in [6.45, 7) is 13.4. The second kappa shape index (κ2) is 11.1. The largest absolute Gasteiger partial charge is 0.344 e. The summed E-state index contributed by atoms with van der Waals surface area (Å²) in [6, 6.07) is 14.7. The second-order valence-electron chi connectivity index (χ2n) is 9.99. The predicted molar refractivity (Wildman–Crippen MR) is 163 cm³/mol. The SMILES string of the molecule is C=C/C(C#Cc1cccc2cc([C@@H](C)NC(=O)c3c(C)nn4cccnc34)n(-c3ccc(C)c(C)c3)c(=O)c12)=C\C. The number of amides is 1. The lowest BCUT2D eigenvalue weighted by Crippen LogP contribution is -2.32. The molecule has 1 atom stereocenters. The van der Waals surface area contributed by atoms with Gasteiger partial charge in [0.25, 0.3) is 11.5 Å². The lowest BCUT2D eigenvalue weighted by molar-refractivity contribution is 0.0939. The van der Waals surface area contributed by atoms with Crippen LogP contribution in [-0.2, 0) is 0 Å². The second-order valence-corrected chi connectivity index (χ2v) is 9.99. The van der Waals surface area contributed by atoms with Gasteiger partial charge in [-0.25, -0.2) is 9.50 Å². The first-order chi connectivity index (χ1) is 19.7. The Morgan fingerprint density at radius 3 is 2.63 bits per heavy atom. The Bertz CT molecular complexity index is 2000. The number of hydrogen-bond acceptors (Lipinski definition) is 4. The number of aromatic nitrogens is 4. The zero-order valence-electron chi connectivity index (χ0n) is 23.8. The lowest BCUT2D eigenvalue weighted by atomic mass is 10.0. The first-order valence-electron chi connectivity index (χ1n) is 13.4. The van der Waals surface area contributed by atoms with Gasteiger partial charge >= 0.3 is 0 Å². The van der Waals surface area contributed by atoms with Crippen LogP contribution in [0.15, 0.2) is 90.0 Å². The maximum atomic E-state index is 14.3. The molecule has 3 aromatic heterocycles. The molecule has 41 heavy (non-hydrogen) atoms. The molecule has 3 heterocycles. The molecule has 5 rings (SSSR count). The predicted octanol–water partition coefficient (Wildman–Crippen LogP) is 5.93. The van der Waals surface area contributed by atoms with E-state index in [0.717, 1.165) is 22.1 Å². The van der Waals surface area contributed by atoms with Crippen molar-refractivity contribution in [2.75, 3.05) is 0 Å². The highest BCUT2D eigenvalue weighted by Gasteiger charge is 2.23. The molecule has 0 aliphatic rings. The van der Waals surface area contributed by atoms with Gasteiger partial charge in [-0.15, -0.1) is 0 Å². The van der Waals surface area contributed by atoms with Gasteiger partial charge in [-0.05, 0) is 81.5 Å². The lowest BCUT2D eigenvalue weighted by Gasteiger charge is -2.22. The van der Waals surface area contributed by atoms with Crippen LogP contribution in [0.1, 0.15) is 58.3 Å². The van der Waals surface area contributed by atoms with E-state index < -0.39 is 6.04 Å². The molecule has 0 spiro atoms. The van der Waals surface area contributed by atoms with E-state index in [2.05, 4.69) is 33.8 Å². The minimum Gasteiger partial charge on any atom is -0.344 e. The summed E-state index contributed by atoms with van der Waals surface area (Å²) >= 11 is 0. The summed E-state index contributed by atoms with van der Waals surface area (Å²) in [5.41, 5.74) is 6.19. The highest BCUT2D eigenvalue weighted by atomic mass is 16.2. The molecule has 1 N–H and O–H groups in total. The summed E-state index contributed by atoms with van der Waals surface area (Å²) in [5, 5.41) is 8.77. The van der Waals surface area contributed by atoms with Gasteiger partial charge in [-0.3, -0.25) is 14.2 Å². The van der Waals surface area contributed by atoms with Crippen LogP contribution in [0, 0.1) is 32.6 Å². The summed E-state index contributed by atoms with van der Waals surface area (Å²) in [6.07, 6.45) is 6.95. The van der Waals surface area contributed by atoms with E-state index in [1.54, 1.807) is 40.5 Å². The Kier molecular flexibility index (Phi) is 7.41. The Labute approximate surface area is 238 Å². The molecular formula is C34H31N5O2. The van der Waals surface area contributed by atoms with Gasteiger partial charge in [-0.1, -0.05) is 48.8 Å². The number of hydrogen-bond donors (Lipinski definition) is 1. The summed E-state index contributed by atoms with van der Waals surface area (Å²) in [7, 11) is 0. The Balaban J connectivity index is 1.69. The molecule has 0 aliphatic heterocycles. The third kappa shape index (κ3) is 5.08. The Hall–Kier alpha value is -5.22. The van der Waals surface area contributed by atoms with Crippen LogP contribution in [-0.4, -0.2) is 25.1 Å². The highest BCUT2D eigenvalue weighted by Crippen LogP contribution is 2.25. The van der Waals surface area contributed by atoms with Gasteiger partial charge in [0.1, 0.15) is 5.56 Å². The fraction of sp³-hybridized carbons (Fsp3) is 0.176. The minimum absolute atomic E-state index is 0.207. The third-order valence-corrected chi connectivity index (χ3v) is 7.28. The Morgan fingerprint density at radius 1 is 1.10 bits per heavy atom. The van der Waals surface area contributed by atoms with Crippen LogP contribution in [0.25, 0.3) is 22.1 Å². The van der Waals surface area contributed by atoms with Crippen molar-refractivity contribution in [2.45, 2.75) is 40.7 Å². The van der Waals surface area contributed by atoms with Crippen molar-refractivity contribution in [3.63, 3.8) is 0 Å². The minimum atomic E-state index is -0.524. The quantitative estimate of drug-likeness (QED) is 0.221. The fourth-order valence-corrected chi connectivity index (χ4v) is 4.92. The first-order valence-corrected chi connectivity index (χ1v) is 13.4. The van der Waals surface area contributed by atoms with E-state index in [-0.39, 0.29) is 11.5 Å². The maximum absolute atomic E-state index is 14.3. The molecule has 7 nitrogen and oxygen atoms in total. The molecule has 0 fully saturated rings. The van der Waals surface area contributed by atoms with E-state index in [4.69, 9.17) is 0 Å². The fourth-order valence-electron chi connectivity index (χ4n) is 4.92.